The van der Waals surface area contributed by atoms with Gasteiger partial charge in [-0.15, -0.1) is 0 Å². The fraction of sp³-hybridized carbons (Fsp3) is 0.353. The van der Waals surface area contributed by atoms with Crippen LogP contribution in [-0.4, -0.2) is 38.1 Å². The molecule has 0 radical (unpaired) electrons. The molecule has 1 atom stereocenters. The number of carbonyl (C=O) groups is 1. The molecule has 0 saturated heterocycles. The lowest BCUT2D eigenvalue weighted by molar-refractivity contribution is -0.123. The number of benzene rings is 1. The number of rotatable bonds is 7. The van der Waals surface area contributed by atoms with Gasteiger partial charge in [0.15, 0.2) is 6.61 Å². The number of furan rings is 1. The molecular formula is C17H22N2O3. The van der Waals surface area contributed by atoms with E-state index in [4.69, 9.17) is 9.15 Å². The molecular weight excluding hydrogens is 280 g/mol. The lowest BCUT2D eigenvalue weighted by atomic mass is 10.2. The Labute approximate surface area is 130 Å². The second-order valence-corrected chi connectivity index (χ2v) is 5.40. The molecule has 0 spiro atoms. The second kappa shape index (κ2) is 7.66. The third-order valence-corrected chi connectivity index (χ3v) is 3.38. The largest absolute Gasteiger partial charge is 0.484 e. The second-order valence-electron chi connectivity index (χ2n) is 5.40. The third-order valence-electron chi connectivity index (χ3n) is 3.38. The Balaban J connectivity index is 1.80. The van der Waals surface area contributed by atoms with Crippen molar-refractivity contribution < 1.29 is 13.9 Å². The van der Waals surface area contributed by atoms with E-state index in [1.165, 1.54) is 0 Å². The first-order chi connectivity index (χ1) is 10.6. The molecule has 0 unspecified atom stereocenters. The van der Waals surface area contributed by atoms with Crippen LogP contribution in [0.3, 0.4) is 0 Å². The van der Waals surface area contributed by atoms with E-state index in [0.717, 1.165) is 11.3 Å². The molecule has 1 heterocycles. The van der Waals surface area contributed by atoms with Crippen LogP contribution >= 0.6 is 0 Å². The summed E-state index contributed by atoms with van der Waals surface area (Å²) in [5.74, 6) is 1.36. The molecule has 1 aromatic carbocycles. The number of amides is 1. The van der Waals surface area contributed by atoms with Gasteiger partial charge in [-0.2, -0.15) is 0 Å². The molecule has 5 nitrogen and oxygen atoms in total. The van der Waals surface area contributed by atoms with Crippen molar-refractivity contribution in [1.29, 1.82) is 0 Å². The Hall–Kier alpha value is -2.27. The highest BCUT2D eigenvalue weighted by atomic mass is 16.5. The lowest BCUT2D eigenvalue weighted by Gasteiger charge is -2.22. The molecule has 22 heavy (non-hydrogen) atoms. The van der Waals surface area contributed by atoms with Crippen LogP contribution in [0.1, 0.15) is 17.4 Å². The number of nitrogens with one attached hydrogen (secondary N) is 1. The molecule has 1 aromatic heterocycles. The molecule has 1 N–H and O–H groups in total. The van der Waals surface area contributed by atoms with Gasteiger partial charge in [0.05, 0.1) is 12.3 Å². The zero-order valence-corrected chi connectivity index (χ0v) is 13.2. The summed E-state index contributed by atoms with van der Waals surface area (Å²) >= 11 is 0. The van der Waals surface area contributed by atoms with Gasteiger partial charge in [0.1, 0.15) is 11.5 Å². The van der Waals surface area contributed by atoms with Crippen molar-refractivity contribution in [2.24, 2.45) is 0 Å². The molecule has 1 amide bonds. The van der Waals surface area contributed by atoms with E-state index in [2.05, 4.69) is 5.32 Å². The van der Waals surface area contributed by atoms with Crippen molar-refractivity contribution in [2.45, 2.75) is 13.0 Å². The van der Waals surface area contributed by atoms with Crippen molar-refractivity contribution in [1.82, 2.24) is 10.2 Å². The van der Waals surface area contributed by atoms with Crippen LogP contribution in [0, 0.1) is 6.92 Å². The Kier molecular flexibility index (Phi) is 5.61. The number of carbonyl (C=O) groups excluding carboxylic acids is 1. The normalized spacial score (nSPS) is 12.2. The fourth-order valence-electron chi connectivity index (χ4n) is 2.06. The average Bonchev–Trinajstić information content (AvgIpc) is 3.00. The van der Waals surface area contributed by atoms with E-state index in [1.54, 1.807) is 6.26 Å². The van der Waals surface area contributed by atoms with Gasteiger partial charge in [-0.1, -0.05) is 17.7 Å². The van der Waals surface area contributed by atoms with Crippen LogP contribution in [0.25, 0.3) is 0 Å². The minimum Gasteiger partial charge on any atom is -0.484 e. The standard InChI is InChI=1S/C17H22N2O3/c1-13-6-8-14(9-7-13)22-12-17(20)18-11-15(19(2)3)16-5-4-10-21-16/h4-10,15H,11-12H2,1-3H3,(H,18,20)/t15-/m1/s1. The maximum Gasteiger partial charge on any atom is 0.258 e. The summed E-state index contributed by atoms with van der Waals surface area (Å²) in [5, 5.41) is 2.87. The first-order valence-corrected chi connectivity index (χ1v) is 7.22. The highest BCUT2D eigenvalue weighted by molar-refractivity contribution is 5.77. The predicted molar refractivity (Wildman–Crippen MR) is 84.8 cm³/mol. The monoisotopic (exact) mass is 302 g/mol. The van der Waals surface area contributed by atoms with Crippen LogP contribution in [0.5, 0.6) is 5.75 Å². The molecule has 2 aromatic rings. The summed E-state index contributed by atoms with van der Waals surface area (Å²) in [4.78, 5) is 13.9. The summed E-state index contributed by atoms with van der Waals surface area (Å²) in [5.41, 5.74) is 1.16. The van der Waals surface area contributed by atoms with Gasteiger partial charge in [-0.05, 0) is 45.3 Å². The van der Waals surface area contributed by atoms with E-state index in [0.29, 0.717) is 12.3 Å². The number of nitrogens with zero attached hydrogens (tertiary/aromatic N) is 1. The number of aryl methyl sites for hydroxylation is 1. The van der Waals surface area contributed by atoms with Gasteiger partial charge in [-0.25, -0.2) is 0 Å². The predicted octanol–water partition coefficient (Wildman–Crippen LogP) is 2.39. The van der Waals surface area contributed by atoms with E-state index in [-0.39, 0.29) is 18.6 Å². The lowest BCUT2D eigenvalue weighted by Crippen LogP contribution is -2.36. The molecule has 5 heteroatoms. The van der Waals surface area contributed by atoms with Gasteiger partial charge in [-0.3, -0.25) is 9.69 Å². The smallest absolute Gasteiger partial charge is 0.258 e. The Bertz CT molecular complexity index is 576. The first kappa shape index (κ1) is 16.1. The molecule has 0 fully saturated rings. The number of ether oxygens (including phenoxy) is 1. The first-order valence-electron chi connectivity index (χ1n) is 7.22. The molecule has 118 valence electrons. The van der Waals surface area contributed by atoms with Crippen LogP contribution in [0.4, 0.5) is 0 Å². The molecule has 0 aliphatic heterocycles. The van der Waals surface area contributed by atoms with Crippen molar-refractivity contribution >= 4 is 5.91 Å². The highest BCUT2D eigenvalue weighted by Crippen LogP contribution is 2.17. The number of likely N-dealkylation sites (N-methyl/N-ethyl adjacent to an activating group) is 1. The fourth-order valence-corrected chi connectivity index (χ4v) is 2.06. The molecule has 0 aliphatic carbocycles. The van der Waals surface area contributed by atoms with Gasteiger partial charge >= 0.3 is 0 Å². The minimum absolute atomic E-state index is 0.00135. The summed E-state index contributed by atoms with van der Waals surface area (Å²) < 4.78 is 10.9. The molecule has 2 rings (SSSR count). The average molecular weight is 302 g/mol. The SMILES string of the molecule is Cc1ccc(OCC(=O)NC[C@H](c2ccco2)N(C)C)cc1. The van der Waals surface area contributed by atoms with Crippen molar-refractivity contribution in [2.75, 3.05) is 27.2 Å². The highest BCUT2D eigenvalue weighted by Gasteiger charge is 2.17. The zero-order chi connectivity index (χ0) is 15.9. The molecule has 0 aliphatic rings. The summed E-state index contributed by atoms with van der Waals surface area (Å²) in [6.45, 7) is 2.48. The van der Waals surface area contributed by atoms with E-state index in [1.807, 2.05) is 62.3 Å². The van der Waals surface area contributed by atoms with E-state index < -0.39 is 0 Å². The Morgan fingerprint density at radius 2 is 2.00 bits per heavy atom. The maximum atomic E-state index is 11.9. The van der Waals surface area contributed by atoms with Gasteiger partial charge < -0.3 is 14.5 Å². The number of hydrogen-bond acceptors (Lipinski definition) is 4. The zero-order valence-electron chi connectivity index (χ0n) is 13.2. The van der Waals surface area contributed by atoms with Crippen molar-refractivity contribution in [3.8, 4) is 5.75 Å². The Morgan fingerprint density at radius 1 is 1.27 bits per heavy atom. The van der Waals surface area contributed by atoms with E-state index in [9.17, 15) is 4.79 Å². The summed E-state index contributed by atoms with van der Waals surface area (Å²) in [6.07, 6.45) is 1.63. The van der Waals surface area contributed by atoms with E-state index >= 15 is 0 Å². The topological polar surface area (TPSA) is 54.7 Å². The molecule has 0 saturated carbocycles. The summed E-state index contributed by atoms with van der Waals surface area (Å²) in [6, 6.07) is 11.4. The third kappa shape index (κ3) is 4.63. The summed E-state index contributed by atoms with van der Waals surface area (Å²) in [7, 11) is 3.89. The number of hydrogen-bond donors (Lipinski definition) is 1. The Morgan fingerprint density at radius 3 is 2.59 bits per heavy atom. The van der Waals surface area contributed by atoms with Crippen molar-refractivity contribution in [3.05, 3.63) is 54.0 Å². The molecule has 0 bridgehead atoms. The maximum absolute atomic E-state index is 11.9. The van der Waals surface area contributed by atoms with Crippen LogP contribution < -0.4 is 10.1 Å². The van der Waals surface area contributed by atoms with Gasteiger partial charge in [0.2, 0.25) is 0 Å². The quantitative estimate of drug-likeness (QED) is 0.853. The van der Waals surface area contributed by atoms with Crippen LogP contribution in [0.15, 0.2) is 47.1 Å². The van der Waals surface area contributed by atoms with Gasteiger partial charge in [0, 0.05) is 6.54 Å². The van der Waals surface area contributed by atoms with Crippen LogP contribution in [0.2, 0.25) is 0 Å². The van der Waals surface area contributed by atoms with Gasteiger partial charge in [0.25, 0.3) is 5.91 Å². The minimum atomic E-state index is -0.154. The van der Waals surface area contributed by atoms with Crippen LogP contribution in [-0.2, 0) is 4.79 Å². The van der Waals surface area contributed by atoms with Crippen molar-refractivity contribution in [3.63, 3.8) is 0 Å².